The molecule has 5 heteroatoms. The monoisotopic (exact) mass is 243 g/mol. The third-order valence-corrected chi connectivity index (χ3v) is 3.24. The van der Waals surface area contributed by atoms with Gasteiger partial charge >= 0.3 is 5.97 Å². The van der Waals surface area contributed by atoms with Crippen molar-refractivity contribution in [2.45, 2.75) is 51.7 Å². The Morgan fingerprint density at radius 3 is 2.53 bits per heavy atom. The summed E-state index contributed by atoms with van der Waals surface area (Å²) >= 11 is 0. The van der Waals surface area contributed by atoms with Crippen molar-refractivity contribution in [3.63, 3.8) is 0 Å². The van der Waals surface area contributed by atoms with Crippen molar-refractivity contribution in [3.8, 4) is 0 Å². The Bertz CT molecular complexity index is 295. The third kappa shape index (κ3) is 3.19. The van der Waals surface area contributed by atoms with Gasteiger partial charge in [-0.05, 0) is 33.6 Å². The molecule has 1 saturated heterocycles. The number of carboxylic acids is 1. The predicted octanol–water partition coefficient (Wildman–Crippen LogP) is 1.27. The van der Waals surface area contributed by atoms with Gasteiger partial charge in [-0.25, -0.2) is 4.79 Å². The molecule has 1 atom stereocenters. The standard InChI is InChI=1S/C12H21NO4/c1-4-13(12(2,3)11(15)16)10(14)8-9-6-5-7-17-9/h9H,4-8H2,1-3H3,(H,15,16). The Labute approximate surface area is 102 Å². The van der Waals surface area contributed by atoms with Crippen LogP contribution in [0.15, 0.2) is 0 Å². The molecule has 0 aromatic heterocycles. The second kappa shape index (κ2) is 5.49. The van der Waals surface area contributed by atoms with Crippen LogP contribution in [-0.2, 0) is 14.3 Å². The van der Waals surface area contributed by atoms with Crippen LogP contribution in [0, 0.1) is 0 Å². The number of ether oxygens (including phenoxy) is 1. The first-order valence-corrected chi connectivity index (χ1v) is 6.05. The van der Waals surface area contributed by atoms with Crippen LogP contribution < -0.4 is 0 Å². The van der Waals surface area contributed by atoms with Crippen molar-refractivity contribution < 1.29 is 19.4 Å². The molecule has 0 radical (unpaired) electrons. The minimum Gasteiger partial charge on any atom is -0.480 e. The molecule has 1 heterocycles. The van der Waals surface area contributed by atoms with Crippen LogP contribution in [0.5, 0.6) is 0 Å². The summed E-state index contributed by atoms with van der Waals surface area (Å²) in [6.07, 6.45) is 2.11. The maximum absolute atomic E-state index is 12.1. The SMILES string of the molecule is CCN(C(=O)CC1CCCO1)C(C)(C)C(=O)O. The average Bonchev–Trinajstić information content (AvgIpc) is 2.70. The number of hydrogen-bond donors (Lipinski definition) is 1. The molecular formula is C12H21NO4. The quantitative estimate of drug-likeness (QED) is 0.789. The van der Waals surface area contributed by atoms with Crippen LogP contribution in [0.4, 0.5) is 0 Å². The van der Waals surface area contributed by atoms with Crippen LogP contribution in [0.1, 0.15) is 40.0 Å². The van der Waals surface area contributed by atoms with Crippen molar-refractivity contribution in [2.24, 2.45) is 0 Å². The van der Waals surface area contributed by atoms with Crippen molar-refractivity contribution >= 4 is 11.9 Å². The number of nitrogens with zero attached hydrogens (tertiary/aromatic N) is 1. The molecule has 0 aromatic rings. The number of carbonyl (C=O) groups excluding carboxylic acids is 1. The second-order valence-corrected chi connectivity index (χ2v) is 4.84. The predicted molar refractivity (Wildman–Crippen MR) is 62.7 cm³/mol. The topological polar surface area (TPSA) is 66.8 Å². The fourth-order valence-electron chi connectivity index (χ4n) is 2.11. The first-order valence-electron chi connectivity index (χ1n) is 6.05. The number of likely N-dealkylation sites (N-methyl/N-ethyl adjacent to an activating group) is 1. The van der Waals surface area contributed by atoms with Gasteiger partial charge in [-0.15, -0.1) is 0 Å². The first-order chi connectivity index (χ1) is 7.89. The summed E-state index contributed by atoms with van der Waals surface area (Å²) in [6, 6.07) is 0. The van der Waals surface area contributed by atoms with Gasteiger partial charge in [-0.1, -0.05) is 0 Å². The zero-order valence-electron chi connectivity index (χ0n) is 10.7. The lowest BCUT2D eigenvalue weighted by Crippen LogP contribution is -2.53. The fraction of sp³-hybridized carbons (Fsp3) is 0.833. The maximum atomic E-state index is 12.1. The molecule has 1 aliphatic rings. The van der Waals surface area contributed by atoms with E-state index in [1.165, 1.54) is 4.90 Å². The van der Waals surface area contributed by atoms with Crippen LogP contribution in [0.25, 0.3) is 0 Å². The van der Waals surface area contributed by atoms with E-state index in [0.29, 0.717) is 13.2 Å². The highest BCUT2D eigenvalue weighted by Gasteiger charge is 2.37. The number of amides is 1. The van der Waals surface area contributed by atoms with E-state index in [2.05, 4.69) is 0 Å². The Morgan fingerprint density at radius 2 is 2.12 bits per heavy atom. The molecule has 0 bridgehead atoms. The van der Waals surface area contributed by atoms with E-state index in [4.69, 9.17) is 9.84 Å². The summed E-state index contributed by atoms with van der Waals surface area (Å²) in [5.41, 5.74) is -1.16. The number of rotatable bonds is 5. The molecule has 1 N–H and O–H groups in total. The lowest BCUT2D eigenvalue weighted by atomic mass is 10.0. The molecule has 1 aliphatic heterocycles. The molecule has 0 aromatic carbocycles. The van der Waals surface area contributed by atoms with Gasteiger partial charge in [0.05, 0.1) is 12.5 Å². The number of carbonyl (C=O) groups is 2. The molecule has 0 aliphatic carbocycles. The molecular weight excluding hydrogens is 222 g/mol. The van der Waals surface area contributed by atoms with Crippen molar-refractivity contribution in [3.05, 3.63) is 0 Å². The van der Waals surface area contributed by atoms with Gasteiger partial charge in [0.25, 0.3) is 0 Å². The highest BCUT2D eigenvalue weighted by atomic mass is 16.5. The smallest absolute Gasteiger partial charge is 0.329 e. The lowest BCUT2D eigenvalue weighted by molar-refractivity contribution is -0.157. The van der Waals surface area contributed by atoms with Crippen LogP contribution in [-0.4, -0.2) is 46.7 Å². The number of carboxylic acid groups (broad SMARTS) is 1. The van der Waals surface area contributed by atoms with Crippen LogP contribution in [0.2, 0.25) is 0 Å². The maximum Gasteiger partial charge on any atom is 0.329 e. The third-order valence-electron chi connectivity index (χ3n) is 3.24. The van der Waals surface area contributed by atoms with E-state index in [0.717, 1.165) is 12.8 Å². The van der Waals surface area contributed by atoms with E-state index in [1.54, 1.807) is 20.8 Å². The van der Waals surface area contributed by atoms with E-state index in [-0.39, 0.29) is 18.4 Å². The largest absolute Gasteiger partial charge is 0.480 e. The summed E-state index contributed by atoms with van der Waals surface area (Å²) in [5.74, 6) is -1.13. The zero-order valence-corrected chi connectivity index (χ0v) is 10.7. The van der Waals surface area contributed by atoms with Crippen molar-refractivity contribution in [1.29, 1.82) is 0 Å². The van der Waals surface area contributed by atoms with E-state index < -0.39 is 11.5 Å². The normalized spacial score (nSPS) is 20.3. The Kier molecular flexibility index (Phi) is 4.51. The minimum atomic E-state index is -1.16. The van der Waals surface area contributed by atoms with Gasteiger partial charge in [0, 0.05) is 13.2 Å². The fourth-order valence-corrected chi connectivity index (χ4v) is 2.11. The van der Waals surface area contributed by atoms with Gasteiger partial charge < -0.3 is 14.7 Å². The molecule has 1 unspecified atom stereocenters. The van der Waals surface area contributed by atoms with Crippen LogP contribution in [0.3, 0.4) is 0 Å². The summed E-state index contributed by atoms with van der Waals surface area (Å²) in [4.78, 5) is 24.6. The highest BCUT2D eigenvalue weighted by molar-refractivity contribution is 5.86. The van der Waals surface area contributed by atoms with Gasteiger partial charge in [0.2, 0.25) is 5.91 Å². The first kappa shape index (κ1) is 14.0. The molecule has 1 amide bonds. The molecule has 5 nitrogen and oxygen atoms in total. The average molecular weight is 243 g/mol. The molecule has 0 spiro atoms. The Balaban J connectivity index is 2.66. The molecule has 1 fully saturated rings. The van der Waals surface area contributed by atoms with E-state index >= 15 is 0 Å². The zero-order chi connectivity index (χ0) is 13.1. The number of hydrogen-bond acceptors (Lipinski definition) is 3. The molecule has 0 saturated carbocycles. The lowest BCUT2D eigenvalue weighted by Gasteiger charge is -2.34. The minimum absolute atomic E-state index is 0.0406. The summed E-state index contributed by atoms with van der Waals surface area (Å²) in [6.45, 7) is 5.98. The Hall–Kier alpha value is -1.10. The summed E-state index contributed by atoms with van der Waals surface area (Å²) < 4.78 is 5.40. The van der Waals surface area contributed by atoms with E-state index in [1.807, 2.05) is 0 Å². The Morgan fingerprint density at radius 1 is 1.47 bits per heavy atom. The highest BCUT2D eigenvalue weighted by Crippen LogP contribution is 2.20. The van der Waals surface area contributed by atoms with Crippen molar-refractivity contribution in [1.82, 2.24) is 4.90 Å². The van der Waals surface area contributed by atoms with Gasteiger partial charge in [0.1, 0.15) is 5.54 Å². The molecule has 98 valence electrons. The van der Waals surface area contributed by atoms with Crippen molar-refractivity contribution in [2.75, 3.05) is 13.2 Å². The van der Waals surface area contributed by atoms with E-state index in [9.17, 15) is 9.59 Å². The van der Waals surface area contributed by atoms with Crippen LogP contribution >= 0.6 is 0 Å². The number of aliphatic carboxylic acids is 1. The van der Waals surface area contributed by atoms with Gasteiger partial charge in [-0.3, -0.25) is 4.79 Å². The molecule has 17 heavy (non-hydrogen) atoms. The summed E-state index contributed by atoms with van der Waals surface area (Å²) in [7, 11) is 0. The summed E-state index contributed by atoms with van der Waals surface area (Å²) in [5, 5.41) is 9.13. The van der Waals surface area contributed by atoms with Gasteiger partial charge in [0.15, 0.2) is 0 Å². The molecule has 1 rings (SSSR count). The second-order valence-electron chi connectivity index (χ2n) is 4.84. The van der Waals surface area contributed by atoms with Gasteiger partial charge in [-0.2, -0.15) is 0 Å².